The van der Waals surface area contributed by atoms with Gasteiger partial charge in [-0.3, -0.25) is 28.0 Å². The Morgan fingerprint density at radius 1 is 1.15 bits per heavy atom. The van der Waals surface area contributed by atoms with Crippen molar-refractivity contribution < 1.29 is 46.5 Å². The van der Waals surface area contributed by atoms with Gasteiger partial charge in [-0.2, -0.15) is 0 Å². The van der Waals surface area contributed by atoms with Crippen molar-refractivity contribution in [3.63, 3.8) is 0 Å². The van der Waals surface area contributed by atoms with E-state index in [0.29, 0.717) is 11.0 Å². The zero-order valence-electron chi connectivity index (χ0n) is 20.7. The molecular formula is C20H37N3O9PS+. The third-order valence-corrected chi connectivity index (χ3v) is 6.79. The van der Waals surface area contributed by atoms with Gasteiger partial charge in [0.25, 0.3) is 5.12 Å². The molecule has 0 saturated carbocycles. The molecule has 1 unspecified atom stereocenters. The summed E-state index contributed by atoms with van der Waals surface area (Å²) in [4.78, 5) is 47.3. The predicted molar refractivity (Wildman–Crippen MR) is 126 cm³/mol. The highest BCUT2D eigenvalue weighted by Crippen LogP contribution is 2.57. The second kappa shape index (κ2) is 13.6. The van der Waals surface area contributed by atoms with E-state index in [1.807, 2.05) is 21.1 Å². The molecule has 0 aliphatic carbocycles. The van der Waals surface area contributed by atoms with Gasteiger partial charge in [-0.15, -0.1) is 0 Å². The predicted octanol–water partition coefficient (Wildman–Crippen LogP) is 0.704. The smallest absolute Gasteiger partial charge is 0.460 e. The fourth-order valence-corrected chi connectivity index (χ4v) is 4.78. The molecule has 12 nitrogen and oxygen atoms in total. The first-order chi connectivity index (χ1) is 15.7. The zero-order valence-corrected chi connectivity index (χ0v) is 22.4. The molecule has 1 rings (SSSR count). The van der Waals surface area contributed by atoms with Crippen molar-refractivity contribution in [3.05, 3.63) is 0 Å². The number of nitrogens with zero attached hydrogens (tertiary/aromatic N) is 1. The van der Waals surface area contributed by atoms with E-state index in [1.165, 1.54) is 0 Å². The van der Waals surface area contributed by atoms with E-state index in [1.54, 1.807) is 20.8 Å². The summed E-state index contributed by atoms with van der Waals surface area (Å²) >= 11 is 0.755. The highest BCUT2D eigenvalue weighted by Gasteiger charge is 2.49. The molecular weight excluding hydrogens is 489 g/mol. The van der Waals surface area contributed by atoms with Crippen molar-refractivity contribution in [2.24, 2.45) is 5.41 Å². The van der Waals surface area contributed by atoms with Crippen LogP contribution < -0.4 is 10.6 Å². The number of hydrogen-bond acceptors (Lipinski definition) is 10. The molecule has 34 heavy (non-hydrogen) atoms. The van der Waals surface area contributed by atoms with Gasteiger partial charge in [-0.05, 0) is 6.92 Å². The molecule has 0 aromatic heterocycles. The minimum atomic E-state index is -3.89. The van der Waals surface area contributed by atoms with Crippen LogP contribution in [0.3, 0.4) is 0 Å². The number of amides is 2. The molecule has 0 aromatic rings. The summed E-state index contributed by atoms with van der Waals surface area (Å²) in [6.45, 7) is 6.13. The van der Waals surface area contributed by atoms with E-state index in [0.717, 1.165) is 11.8 Å². The fourth-order valence-electron chi connectivity index (χ4n) is 2.58. The molecule has 2 amide bonds. The topological polar surface area (TPSA) is 146 Å². The lowest BCUT2D eigenvalue weighted by atomic mass is 9.87. The van der Waals surface area contributed by atoms with Gasteiger partial charge >= 0.3 is 13.8 Å². The summed E-state index contributed by atoms with van der Waals surface area (Å²) < 4.78 is 34.1. The molecule has 2 N–H and O–H groups in total. The Kier molecular flexibility index (Phi) is 12.2. The van der Waals surface area contributed by atoms with Gasteiger partial charge in [0.1, 0.15) is 13.2 Å². The Morgan fingerprint density at radius 2 is 1.82 bits per heavy atom. The van der Waals surface area contributed by atoms with Gasteiger partial charge in [0.05, 0.1) is 34.4 Å². The van der Waals surface area contributed by atoms with Crippen LogP contribution in [0.25, 0.3) is 0 Å². The first-order valence-corrected chi connectivity index (χ1v) is 13.4. The SMILES string of the molecule is CCOC(=O)C(=O)SCCNC(=O)CCNC(=O)[C@@H]1OP(=O)(OCC[N+](C)(C)C)OCC1(C)C. The lowest BCUT2D eigenvalue weighted by Crippen LogP contribution is -2.50. The lowest BCUT2D eigenvalue weighted by Gasteiger charge is -2.39. The van der Waals surface area contributed by atoms with Crippen LogP contribution in [0.4, 0.5) is 0 Å². The van der Waals surface area contributed by atoms with Gasteiger partial charge in [-0.1, -0.05) is 25.6 Å². The van der Waals surface area contributed by atoms with Crippen molar-refractivity contribution in [1.82, 2.24) is 10.6 Å². The fraction of sp³-hybridized carbons (Fsp3) is 0.800. The number of esters is 1. The molecule has 1 aliphatic rings. The van der Waals surface area contributed by atoms with Gasteiger partial charge < -0.3 is 19.9 Å². The van der Waals surface area contributed by atoms with Crippen LogP contribution in [-0.4, -0.2) is 99.8 Å². The maximum atomic E-state index is 12.8. The Balaban J connectivity index is 2.41. The molecule has 1 aliphatic heterocycles. The van der Waals surface area contributed by atoms with Crippen molar-refractivity contribution >= 4 is 42.5 Å². The van der Waals surface area contributed by atoms with Crippen LogP contribution in [0.15, 0.2) is 0 Å². The summed E-state index contributed by atoms with van der Waals surface area (Å²) in [5.41, 5.74) is -0.758. The average molecular weight is 527 g/mol. The van der Waals surface area contributed by atoms with Crippen LogP contribution in [0.5, 0.6) is 0 Å². The molecule has 14 heteroatoms. The van der Waals surface area contributed by atoms with Crippen LogP contribution in [0, 0.1) is 5.41 Å². The van der Waals surface area contributed by atoms with E-state index in [2.05, 4.69) is 15.4 Å². The number of quaternary nitrogens is 1. The zero-order chi connectivity index (χ0) is 26.0. The minimum absolute atomic E-state index is 0.00934. The summed E-state index contributed by atoms with van der Waals surface area (Å²) in [6.07, 6.45) is -1.09. The van der Waals surface area contributed by atoms with E-state index >= 15 is 0 Å². The van der Waals surface area contributed by atoms with E-state index in [4.69, 9.17) is 13.6 Å². The molecule has 2 atom stereocenters. The van der Waals surface area contributed by atoms with Crippen LogP contribution in [0.2, 0.25) is 0 Å². The second-order valence-corrected chi connectivity index (χ2v) is 12.0. The number of phosphoric ester groups is 1. The Labute approximate surface area is 205 Å². The number of nitrogens with one attached hydrogen (secondary N) is 2. The normalized spacial score (nSPS) is 22.0. The van der Waals surface area contributed by atoms with Gasteiger partial charge in [0.15, 0.2) is 6.10 Å². The number of phosphoric acid groups is 1. The Bertz CT molecular complexity index is 786. The number of thioether (sulfide) groups is 1. The largest absolute Gasteiger partial charge is 0.475 e. The number of rotatable bonds is 12. The van der Waals surface area contributed by atoms with E-state index < -0.39 is 36.3 Å². The minimum Gasteiger partial charge on any atom is -0.460 e. The quantitative estimate of drug-likeness (QED) is 0.122. The Hall–Kier alpha value is -1.50. The van der Waals surface area contributed by atoms with E-state index in [-0.39, 0.29) is 51.0 Å². The molecule has 1 saturated heterocycles. The number of ether oxygens (including phenoxy) is 1. The van der Waals surface area contributed by atoms with Crippen LogP contribution >= 0.6 is 19.6 Å². The highest BCUT2D eigenvalue weighted by atomic mass is 32.2. The molecule has 1 fully saturated rings. The first kappa shape index (κ1) is 30.5. The lowest BCUT2D eigenvalue weighted by molar-refractivity contribution is -0.870. The second-order valence-electron chi connectivity index (χ2n) is 9.29. The molecule has 0 aromatic carbocycles. The molecule has 0 radical (unpaired) electrons. The van der Waals surface area contributed by atoms with E-state index in [9.17, 15) is 23.7 Å². The van der Waals surface area contributed by atoms with Crippen LogP contribution in [0.1, 0.15) is 27.2 Å². The van der Waals surface area contributed by atoms with Crippen LogP contribution in [-0.2, 0) is 42.1 Å². The van der Waals surface area contributed by atoms with Gasteiger partial charge in [0.2, 0.25) is 11.8 Å². The molecule has 1 heterocycles. The molecule has 196 valence electrons. The standard InChI is InChI=1S/C20H36N3O9PS/c1-7-29-18(26)19(27)34-13-10-21-15(24)8-9-22-17(25)16-20(2,3)14-31-33(28,32-16)30-12-11-23(4,5)6/h16H,7-14H2,1-6H3,(H-,21,22,24,25)/p+1/t16-,33?/m0/s1. The summed E-state index contributed by atoms with van der Waals surface area (Å²) in [5, 5.41) is 4.49. The van der Waals surface area contributed by atoms with Gasteiger partial charge in [-0.25, -0.2) is 9.36 Å². The van der Waals surface area contributed by atoms with Crippen molar-refractivity contribution in [1.29, 1.82) is 0 Å². The summed E-state index contributed by atoms with van der Waals surface area (Å²) in [5.74, 6) is -1.57. The monoisotopic (exact) mass is 526 g/mol. The number of hydrogen-bond donors (Lipinski definition) is 2. The van der Waals surface area contributed by atoms with Crippen molar-refractivity contribution in [2.45, 2.75) is 33.3 Å². The number of carbonyl (C=O) groups is 4. The molecule has 0 bridgehead atoms. The third-order valence-electron chi connectivity index (χ3n) is 4.54. The van der Waals surface area contributed by atoms with Crippen molar-refractivity contribution in [2.75, 3.05) is 66.4 Å². The molecule has 0 spiro atoms. The summed E-state index contributed by atoms with van der Waals surface area (Å²) in [6, 6.07) is 0. The number of likely N-dealkylation sites (N-methyl/N-ethyl adjacent to an activating group) is 1. The van der Waals surface area contributed by atoms with Crippen molar-refractivity contribution in [3.8, 4) is 0 Å². The maximum Gasteiger partial charge on any atom is 0.475 e. The average Bonchev–Trinajstić information content (AvgIpc) is 2.72. The Morgan fingerprint density at radius 3 is 2.44 bits per heavy atom. The summed E-state index contributed by atoms with van der Waals surface area (Å²) in [7, 11) is 1.98. The maximum absolute atomic E-state index is 12.8. The van der Waals surface area contributed by atoms with Gasteiger partial charge in [0, 0.05) is 30.7 Å². The highest BCUT2D eigenvalue weighted by molar-refractivity contribution is 8.15. The first-order valence-electron chi connectivity index (χ1n) is 11.0. The third kappa shape index (κ3) is 11.3. The number of carbonyl (C=O) groups excluding carboxylic acids is 4.